The standard InChI is InChI=1S/C20H22ClN5OS/c1-27-18-7-5-15(6-8-18)19-22-20(28)26(23-19)14-24-9-11-25(12-10-24)17-4-2-3-16(21)13-17/h2-8,13H,9-12,14H2,1H3,(H,22,23,28)/p+1. The van der Waals surface area contributed by atoms with Crippen LogP contribution in [0.15, 0.2) is 48.5 Å². The molecule has 2 heterocycles. The number of nitrogens with one attached hydrogen (secondary N) is 2. The van der Waals surface area contributed by atoms with Crippen LogP contribution in [-0.4, -0.2) is 48.1 Å². The molecule has 0 atom stereocenters. The fourth-order valence-electron chi connectivity index (χ4n) is 3.48. The first-order chi connectivity index (χ1) is 13.6. The molecule has 1 aliphatic heterocycles. The van der Waals surface area contributed by atoms with Crippen molar-refractivity contribution in [2.45, 2.75) is 6.67 Å². The summed E-state index contributed by atoms with van der Waals surface area (Å²) in [7, 11) is 1.66. The van der Waals surface area contributed by atoms with Crippen LogP contribution >= 0.6 is 23.8 Å². The summed E-state index contributed by atoms with van der Waals surface area (Å²) >= 11 is 11.6. The normalized spacial score (nSPS) is 15.0. The van der Waals surface area contributed by atoms with E-state index in [-0.39, 0.29) is 0 Å². The van der Waals surface area contributed by atoms with E-state index >= 15 is 0 Å². The lowest BCUT2D eigenvalue weighted by Crippen LogP contribution is -3.14. The number of aromatic amines is 1. The van der Waals surface area contributed by atoms with Crippen LogP contribution in [0.4, 0.5) is 5.69 Å². The molecule has 2 N–H and O–H groups in total. The van der Waals surface area contributed by atoms with Gasteiger partial charge in [-0.05, 0) is 54.7 Å². The minimum Gasteiger partial charge on any atom is -0.497 e. The first kappa shape index (κ1) is 19.0. The number of halogens is 1. The summed E-state index contributed by atoms with van der Waals surface area (Å²) in [5.74, 6) is 1.61. The Morgan fingerprint density at radius 2 is 1.93 bits per heavy atom. The van der Waals surface area contributed by atoms with Crippen molar-refractivity contribution in [3.63, 3.8) is 0 Å². The van der Waals surface area contributed by atoms with Gasteiger partial charge in [-0.3, -0.25) is 5.10 Å². The predicted molar refractivity (Wildman–Crippen MR) is 114 cm³/mol. The number of nitrogens with zero attached hydrogens (tertiary/aromatic N) is 3. The second-order valence-corrected chi connectivity index (χ2v) is 7.69. The minimum absolute atomic E-state index is 0.579. The Morgan fingerprint density at radius 3 is 2.61 bits per heavy atom. The van der Waals surface area contributed by atoms with Crippen LogP contribution in [0.1, 0.15) is 0 Å². The highest BCUT2D eigenvalue weighted by atomic mass is 35.5. The maximum absolute atomic E-state index is 6.12. The molecule has 1 aliphatic rings. The number of benzene rings is 2. The monoisotopic (exact) mass is 416 g/mol. The molecule has 2 aromatic carbocycles. The third-order valence-corrected chi connectivity index (χ3v) is 5.62. The number of H-pyrrole nitrogens is 1. The molecule has 6 nitrogen and oxygen atoms in total. The van der Waals surface area contributed by atoms with Gasteiger partial charge in [0.15, 0.2) is 12.5 Å². The van der Waals surface area contributed by atoms with E-state index < -0.39 is 0 Å². The second-order valence-electron chi connectivity index (χ2n) is 6.89. The molecular formula is C20H23ClN5OS+. The van der Waals surface area contributed by atoms with Crippen molar-refractivity contribution in [1.82, 2.24) is 14.8 Å². The van der Waals surface area contributed by atoms with Crippen LogP contribution in [-0.2, 0) is 6.67 Å². The quantitative estimate of drug-likeness (QED) is 0.628. The van der Waals surface area contributed by atoms with Crippen molar-refractivity contribution >= 4 is 29.5 Å². The Bertz CT molecular complexity index is 992. The number of anilines is 1. The Balaban J connectivity index is 1.40. The zero-order chi connectivity index (χ0) is 19.5. The van der Waals surface area contributed by atoms with Gasteiger partial charge in [0, 0.05) is 16.3 Å². The van der Waals surface area contributed by atoms with Crippen LogP contribution in [0.5, 0.6) is 5.75 Å². The molecule has 28 heavy (non-hydrogen) atoms. The number of ether oxygens (including phenoxy) is 1. The summed E-state index contributed by atoms with van der Waals surface area (Å²) < 4.78 is 7.75. The van der Waals surface area contributed by atoms with E-state index in [2.05, 4.69) is 21.0 Å². The van der Waals surface area contributed by atoms with Gasteiger partial charge in [0.2, 0.25) is 4.77 Å². The van der Waals surface area contributed by atoms with Gasteiger partial charge in [0.05, 0.1) is 33.3 Å². The molecule has 1 aromatic heterocycles. The van der Waals surface area contributed by atoms with E-state index in [1.807, 2.05) is 47.1 Å². The number of rotatable bonds is 5. The van der Waals surface area contributed by atoms with Crippen LogP contribution < -0.4 is 14.5 Å². The highest BCUT2D eigenvalue weighted by molar-refractivity contribution is 7.71. The first-order valence-corrected chi connectivity index (χ1v) is 10.1. The van der Waals surface area contributed by atoms with Gasteiger partial charge in [-0.15, -0.1) is 0 Å². The average molecular weight is 417 g/mol. The van der Waals surface area contributed by atoms with Crippen molar-refractivity contribution in [2.24, 2.45) is 0 Å². The molecular weight excluding hydrogens is 394 g/mol. The zero-order valence-electron chi connectivity index (χ0n) is 15.7. The van der Waals surface area contributed by atoms with E-state index in [0.29, 0.717) is 4.77 Å². The van der Waals surface area contributed by atoms with Crippen molar-refractivity contribution in [1.29, 1.82) is 0 Å². The van der Waals surface area contributed by atoms with Crippen LogP contribution in [0, 0.1) is 4.77 Å². The summed E-state index contributed by atoms with van der Waals surface area (Å²) in [6.45, 7) is 4.83. The molecule has 0 bridgehead atoms. The van der Waals surface area contributed by atoms with Gasteiger partial charge in [0.1, 0.15) is 5.75 Å². The summed E-state index contributed by atoms with van der Waals surface area (Å²) in [6, 6.07) is 15.9. The molecule has 1 saturated heterocycles. The summed E-state index contributed by atoms with van der Waals surface area (Å²) in [6.07, 6.45) is 0. The predicted octanol–water partition coefficient (Wildman–Crippen LogP) is 2.63. The van der Waals surface area contributed by atoms with Gasteiger partial charge in [-0.25, -0.2) is 4.68 Å². The molecule has 1 fully saturated rings. The zero-order valence-corrected chi connectivity index (χ0v) is 17.3. The Kier molecular flexibility index (Phi) is 5.66. The number of hydrogen-bond acceptors (Lipinski definition) is 4. The lowest BCUT2D eigenvalue weighted by molar-refractivity contribution is -0.924. The topological polar surface area (TPSA) is 50.5 Å². The van der Waals surface area contributed by atoms with Crippen molar-refractivity contribution in [2.75, 3.05) is 38.2 Å². The minimum atomic E-state index is 0.579. The number of methoxy groups -OCH3 is 1. The lowest BCUT2D eigenvalue weighted by Gasteiger charge is -2.33. The summed E-state index contributed by atoms with van der Waals surface area (Å²) in [5.41, 5.74) is 2.18. The van der Waals surface area contributed by atoms with Crippen molar-refractivity contribution < 1.29 is 9.64 Å². The molecule has 0 aliphatic carbocycles. The highest BCUT2D eigenvalue weighted by Gasteiger charge is 2.21. The fourth-order valence-corrected chi connectivity index (χ4v) is 3.86. The maximum atomic E-state index is 6.12. The number of piperazine rings is 1. The van der Waals surface area contributed by atoms with E-state index in [4.69, 9.17) is 28.6 Å². The molecule has 3 aromatic rings. The lowest BCUT2D eigenvalue weighted by atomic mass is 10.2. The molecule has 0 saturated carbocycles. The van der Waals surface area contributed by atoms with Crippen LogP contribution in [0.2, 0.25) is 5.02 Å². The van der Waals surface area contributed by atoms with Crippen LogP contribution in [0.25, 0.3) is 11.4 Å². The molecule has 0 spiro atoms. The van der Waals surface area contributed by atoms with Crippen LogP contribution in [0.3, 0.4) is 0 Å². The smallest absolute Gasteiger partial charge is 0.221 e. The van der Waals surface area contributed by atoms with Gasteiger partial charge < -0.3 is 14.5 Å². The number of hydrogen-bond donors (Lipinski definition) is 2. The number of quaternary nitrogens is 1. The Hall–Kier alpha value is -2.35. The largest absolute Gasteiger partial charge is 0.497 e. The Morgan fingerprint density at radius 1 is 1.18 bits per heavy atom. The van der Waals surface area contributed by atoms with Gasteiger partial charge in [-0.1, -0.05) is 17.7 Å². The molecule has 0 radical (unpaired) electrons. The summed E-state index contributed by atoms with van der Waals surface area (Å²) in [5, 5.41) is 4.12. The second kappa shape index (κ2) is 8.34. The average Bonchev–Trinajstić information content (AvgIpc) is 3.09. The maximum Gasteiger partial charge on any atom is 0.221 e. The van der Waals surface area contributed by atoms with E-state index in [1.165, 1.54) is 10.6 Å². The van der Waals surface area contributed by atoms with Gasteiger partial charge in [-0.2, -0.15) is 4.98 Å². The summed E-state index contributed by atoms with van der Waals surface area (Å²) in [4.78, 5) is 8.37. The third-order valence-electron chi connectivity index (χ3n) is 5.07. The van der Waals surface area contributed by atoms with Crippen molar-refractivity contribution in [3.05, 3.63) is 58.3 Å². The molecule has 0 unspecified atom stereocenters. The highest BCUT2D eigenvalue weighted by Crippen LogP contribution is 2.20. The molecule has 8 heteroatoms. The first-order valence-electron chi connectivity index (χ1n) is 9.28. The van der Waals surface area contributed by atoms with Crippen molar-refractivity contribution in [3.8, 4) is 17.1 Å². The van der Waals surface area contributed by atoms with E-state index in [0.717, 1.165) is 55.0 Å². The van der Waals surface area contributed by atoms with Gasteiger partial charge in [0.25, 0.3) is 0 Å². The fraction of sp³-hybridized carbons (Fsp3) is 0.300. The SMILES string of the molecule is COc1ccc(-c2nc(=S)n(C[NH+]3CCN(c4cccc(Cl)c4)CC3)[nH]2)cc1. The Labute approximate surface area is 174 Å². The molecule has 146 valence electrons. The molecule has 4 rings (SSSR count). The van der Waals surface area contributed by atoms with E-state index in [9.17, 15) is 0 Å². The number of aromatic nitrogens is 3. The third kappa shape index (κ3) is 4.22. The van der Waals surface area contributed by atoms with E-state index in [1.54, 1.807) is 7.11 Å². The van der Waals surface area contributed by atoms with Gasteiger partial charge >= 0.3 is 0 Å². The molecule has 0 amide bonds.